The van der Waals surface area contributed by atoms with Crippen molar-refractivity contribution in [3.05, 3.63) is 35.4 Å². The van der Waals surface area contributed by atoms with Gasteiger partial charge in [-0.05, 0) is 37.8 Å². The van der Waals surface area contributed by atoms with Crippen molar-refractivity contribution in [3.63, 3.8) is 0 Å². The van der Waals surface area contributed by atoms with Crippen molar-refractivity contribution in [1.82, 2.24) is 4.90 Å². The standard InChI is InChI=1S/C15H21NO3S/c1-11(2)16(9-8-14(17)18)15(19)13-6-4-12(5-7-13)10-20-3/h4-7,11H,8-10H2,1-3H3,(H,17,18). The predicted octanol–water partition coefficient (Wildman–Crippen LogP) is 2.87. The van der Waals surface area contributed by atoms with Gasteiger partial charge in [0.05, 0.1) is 6.42 Å². The Morgan fingerprint density at radius 2 is 1.85 bits per heavy atom. The Kier molecular flexibility index (Phi) is 6.58. The highest BCUT2D eigenvalue weighted by Gasteiger charge is 2.19. The minimum absolute atomic E-state index is 0.0206. The van der Waals surface area contributed by atoms with Crippen LogP contribution in [0.15, 0.2) is 24.3 Å². The Morgan fingerprint density at radius 3 is 2.30 bits per heavy atom. The molecule has 0 aromatic heterocycles. The van der Waals surface area contributed by atoms with Gasteiger partial charge in [-0.15, -0.1) is 0 Å². The number of rotatable bonds is 7. The summed E-state index contributed by atoms with van der Waals surface area (Å²) in [5, 5.41) is 8.75. The summed E-state index contributed by atoms with van der Waals surface area (Å²) in [7, 11) is 0. The number of hydrogen-bond donors (Lipinski definition) is 1. The van der Waals surface area contributed by atoms with Crippen molar-refractivity contribution >= 4 is 23.6 Å². The molecule has 0 fully saturated rings. The largest absolute Gasteiger partial charge is 0.481 e. The average Bonchev–Trinajstić information content (AvgIpc) is 2.39. The molecule has 0 atom stereocenters. The van der Waals surface area contributed by atoms with Crippen LogP contribution in [0, 0.1) is 0 Å². The smallest absolute Gasteiger partial charge is 0.305 e. The molecule has 1 N–H and O–H groups in total. The lowest BCUT2D eigenvalue weighted by Gasteiger charge is -2.26. The maximum Gasteiger partial charge on any atom is 0.305 e. The number of nitrogens with zero attached hydrogens (tertiary/aromatic N) is 1. The van der Waals surface area contributed by atoms with E-state index in [1.807, 2.05) is 44.4 Å². The van der Waals surface area contributed by atoms with Crippen LogP contribution in [0.3, 0.4) is 0 Å². The summed E-state index contributed by atoms with van der Waals surface area (Å²) in [6.45, 7) is 4.02. The Bertz CT molecular complexity index is 457. The highest BCUT2D eigenvalue weighted by Crippen LogP contribution is 2.13. The highest BCUT2D eigenvalue weighted by molar-refractivity contribution is 7.97. The van der Waals surface area contributed by atoms with Gasteiger partial charge in [0.25, 0.3) is 5.91 Å². The number of thioether (sulfide) groups is 1. The van der Waals surface area contributed by atoms with Crippen molar-refractivity contribution in [1.29, 1.82) is 0 Å². The number of amides is 1. The molecule has 0 aliphatic rings. The van der Waals surface area contributed by atoms with Crippen molar-refractivity contribution in [2.45, 2.75) is 32.1 Å². The first-order valence-electron chi connectivity index (χ1n) is 6.56. The van der Waals surface area contributed by atoms with Crippen LogP contribution in [0.1, 0.15) is 36.2 Å². The van der Waals surface area contributed by atoms with E-state index < -0.39 is 5.97 Å². The molecular formula is C15H21NO3S. The topological polar surface area (TPSA) is 57.6 Å². The normalized spacial score (nSPS) is 10.6. The van der Waals surface area contributed by atoms with Gasteiger partial charge >= 0.3 is 5.97 Å². The molecule has 1 aromatic carbocycles. The van der Waals surface area contributed by atoms with E-state index in [0.717, 1.165) is 5.75 Å². The highest BCUT2D eigenvalue weighted by atomic mass is 32.2. The van der Waals surface area contributed by atoms with Crippen molar-refractivity contribution < 1.29 is 14.7 Å². The second-order valence-electron chi connectivity index (χ2n) is 4.87. The number of carbonyl (C=O) groups excluding carboxylic acids is 1. The molecular weight excluding hydrogens is 274 g/mol. The van der Waals surface area contributed by atoms with Gasteiger partial charge < -0.3 is 10.0 Å². The third-order valence-electron chi connectivity index (χ3n) is 2.96. The summed E-state index contributed by atoms with van der Waals surface area (Å²) in [5.41, 5.74) is 1.78. The van der Waals surface area contributed by atoms with E-state index in [0.29, 0.717) is 5.56 Å². The quantitative estimate of drug-likeness (QED) is 0.840. The van der Waals surface area contributed by atoms with Gasteiger partial charge in [0, 0.05) is 23.9 Å². The molecule has 0 heterocycles. The van der Waals surface area contributed by atoms with Crippen molar-refractivity contribution in [2.24, 2.45) is 0 Å². The molecule has 1 aromatic rings. The third-order valence-corrected chi connectivity index (χ3v) is 3.58. The summed E-state index contributed by atoms with van der Waals surface area (Å²) in [6.07, 6.45) is 2.00. The van der Waals surface area contributed by atoms with Gasteiger partial charge in [0.15, 0.2) is 0 Å². The number of aliphatic carboxylic acids is 1. The maximum absolute atomic E-state index is 12.4. The fraction of sp³-hybridized carbons (Fsp3) is 0.467. The molecule has 0 saturated carbocycles. The first kappa shape index (κ1) is 16.6. The summed E-state index contributed by atoms with van der Waals surface area (Å²) in [5.74, 6) is -0.0859. The zero-order valence-electron chi connectivity index (χ0n) is 12.1. The zero-order chi connectivity index (χ0) is 15.1. The van der Waals surface area contributed by atoms with E-state index in [4.69, 9.17) is 5.11 Å². The van der Waals surface area contributed by atoms with Gasteiger partial charge in [-0.1, -0.05) is 12.1 Å². The molecule has 0 saturated heterocycles. The molecule has 1 amide bonds. The molecule has 0 aliphatic heterocycles. The van der Waals surface area contributed by atoms with Crippen molar-refractivity contribution in [3.8, 4) is 0 Å². The first-order valence-corrected chi connectivity index (χ1v) is 7.95. The zero-order valence-corrected chi connectivity index (χ0v) is 12.9. The molecule has 20 heavy (non-hydrogen) atoms. The molecule has 0 spiro atoms. The monoisotopic (exact) mass is 295 g/mol. The SMILES string of the molecule is CSCc1ccc(C(=O)N(CCC(=O)O)C(C)C)cc1. The van der Waals surface area contributed by atoms with Crippen LogP contribution in [0.4, 0.5) is 0 Å². The molecule has 0 bridgehead atoms. The molecule has 1 rings (SSSR count). The first-order chi connectivity index (χ1) is 9.45. The van der Waals surface area contributed by atoms with E-state index in [9.17, 15) is 9.59 Å². The van der Waals surface area contributed by atoms with Crippen LogP contribution in [-0.2, 0) is 10.5 Å². The summed E-state index contributed by atoms with van der Waals surface area (Å²) < 4.78 is 0. The molecule has 0 radical (unpaired) electrons. The van der Waals surface area contributed by atoms with Gasteiger partial charge in [0.2, 0.25) is 0 Å². The second kappa shape index (κ2) is 7.94. The lowest BCUT2D eigenvalue weighted by atomic mass is 10.1. The van der Waals surface area contributed by atoms with Crippen molar-refractivity contribution in [2.75, 3.05) is 12.8 Å². The maximum atomic E-state index is 12.4. The van der Waals surface area contributed by atoms with Crippen LogP contribution >= 0.6 is 11.8 Å². The van der Waals surface area contributed by atoms with E-state index in [-0.39, 0.29) is 24.9 Å². The van der Waals surface area contributed by atoms with E-state index in [1.54, 1.807) is 16.7 Å². The van der Waals surface area contributed by atoms with E-state index in [1.165, 1.54) is 5.56 Å². The Morgan fingerprint density at radius 1 is 1.25 bits per heavy atom. The summed E-state index contributed by atoms with van der Waals surface area (Å²) in [6, 6.07) is 7.49. The van der Waals surface area contributed by atoms with Gasteiger partial charge in [-0.2, -0.15) is 11.8 Å². The number of hydrogen-bond acceptors (Lipinski definition) is 3. The molecule has 0 unspecified atom stereocenters. The predicted molar refractivity (Wildman–Crippen MR) is 82.1 cm³/mol. The minimum Gasteiger partial charge on any atom is -0.481 e. The lowest BCUT2D eigenvalue weighted by molar-refractivity contribution is -0.137. The van der Waals surface area contributed by atoms with Crippen LogP contribution < -0.4 is 0 Å². The van der Waals surface area contributed by atoms with Crippen LogP contribution in [0.2, 0.25) is 0 Å². The molecule has 0 aliphatic carbocycles. The molecule has 4 nitrogen and oxygen atoms in total. The fourth-order valence-electron chi connectivity index (χ4n) is 1.89. The van der Waals surface area contributed by atoms with Gasteiger partial charge in [0.1, 0.15) is 0 Å². The van der Waals surface area contributed by atoms with Crippen LogP contribution in [-0.4, -0.2) is 40.7 Å². The van der Waals surface area contributed by atoms with Gasteiger partial charge in [-0.25, -0.2) is 0 Å². The Labute approximate surface area is 124 Å². The molecule has 5 heteroatoms. The van der Waals surface area contributed by atoms with Crippen LogP contribution in [0.25, 0.3) is 0 Å². The number of carboxylic acids is 1. The van der Waals surface area contributed by atoms with Gasteiger partial charge in [-0.3, -0.25) is 9.59 Å². The number of carbonyl (C=O) groups is 2. The minimum atomic E-state index is -0.890. The fourth-order valence-corrected chi connectivity index (χ4v) is 2.41. The van der Waals surface area contributed by atoms with E-state index >= 15 is 0 Å². The molecule has 110 valence electrons. The average molecular weight is 295 g/mol. The third kappa shape index (κ3) is 4.89. The lowest BCUT2D eigenvalue weighted by Crippen LogP contribution is -2.38. The summed E-state index contributed by atoms with van der Waals surface area (Å²) >= 11 is 1.73. The van der Waals surface area contributed by atoms with Crippen LogP contribution in [0.5, 0.6) is 0 Å². The Balaban J connectivity index is 2.80. The van der Waals surface area contributed by atoms with E-state index in [2.05, 4.69) is 0 Å². The number of carboxylic acid groups (broad SMARTS) is 1. The second-order valence-corrected chi connectivity index (χ2v) is 5.73. The Hall–Kier alpha value is -1.49. The summed E-state index contributed by atoms with van der Waals surface area (Å²) in [4.78, 5) is 24.7. The number of benzene rings is 1.